The van der Waals surface area contributed by atoms with Crippen LogP contribution in [-0.4, -0.2) is 22.9 Å². The van der Waals surface area contributed by atoms with Gasteiger partial charge in [0, 0.05) is 5.41 Å². The summed E-state index contributed by atoms with van der Waals surface area (Å²) in [5.41, 5.74) is 2.03. The van der Waals surface area contributed by atoms with Crippen molar-refractivity contribution in [3.63, 3.8) is 0 Å². The number of rotatable bonds is 0. The van der Waals surface area contributed by atoms with Crippen LogP contribution in [0.1, 0.15) is 39.0 Å². The molecule has 2 nitrogen and oxygen atoms in total. The summed E-state index contributed by atoms with van der Waals surface area (Å²) in [5, 5.41) is 9.89. The van der Waals surface area contributed by atoms with E-state index in [1.807, 2.05) is 0 Å². The standard InChI is InChI=1S/C13H18O2/c1-12-6-5-10(14)11-13(12,15-11)7-4-8-2-3-9(8)12/h4,9-11,14H,2-3,5-7H2,1H3/t9?,10-,11+,12+,13+/m0/s1. The zero-order valence-electron chi connectivity index (χ0n) is 9.20. The van der Waals surface area contributed by atoms with Gasteiger partial charge in [-0.15, -0.1) is 0 Å². The van der Waals surface area contributed by atoms with Crippen LogP contribution in [0, 0.1) is 11.3 Å². The molecule has 1 unspecified atom stereocenters. The van der Waals surface area contributed by atoms with Crippen LogP contribution < -0.4 is 0 Å². The third-order valence-corrected chi connectivity index (χ3v) is 5.62. The van der Waals surface area contributed by atoms with Crippen molar-refractivity contribution in [3.8, 4) is 0 Å². The molecule has 0 bridgehead atoms. The molecule has 3 aliphatic carbocycles. The van der Waals surface area contributed by atoms with Gasteiger partial charge in [0.05, 0.1) is 6.10 Å². The normalized spacial score (nSPS) is 60.7. The van der Waals surface area contributed by atoms with Gasteiger partial charge in [-0.2, -0.15) is 0 Å². The molecule has 0 amide bonds. The fourth-order valence-corrected chi connectivity index (χ4v) is 4.43. The first kappa shape index (κ1) is 8.77. The molecule has 1 saturated heterocycles. The van der Waals surface area contributed by atoms with Crippen LogP contribution in [0.25, 0.3) is 0 Å². The summed E-state index contributed by atoms with van der Waals surface area (Å²) >= 11 is 0. The molecule has 1 spiro atoms. The number of ether oxygens (including phenoxy) is 1. The molecule has 2 heteroatoms. The van der Waals surface area contributed by atoms with Gasteiger partial charge in [0.25, 0.3) is 0 Å². The smallest absolute Gasteiger partial charge is 0.114 e. The van der Waals surface area contributed by atoms with Crippen LogP contribution >= 0.6 is 0 Å². The van der Waals surface area contributed by atoms with Crippen molar-refractivity contribution in [3.05, 3.63) is 11.6 Å². The van der Waals surface area contributed by atoms with Crippen molar-refractivity contribution >= 4 is 0 Å². The molecule has 0 aromatic carbocycles. The lowest BCUT2D eigenvalue weighted by atomic mass is 9.50. The Balaban J connectivity index is 1.80. The second-order valence-corrected chi connectivity index (χ2v) is 6.03. The highest BCUT2D eigenvalue weighted by atomic mass is 16.6. The highest BCUT2D eigenvalue weighted by molar-refractivity contribution is 5.34. The molecule has 4 rings (SSSR count). The first-order valence-electron chi connectivity index (χ1n) is 6.22. The number of aliphatic hydroxyl groups is 1. The molecule has 82 valence electrons. The highest BCUT2D eigenvalue weighted by Crippen LogP contribution is 2.69. The molecule has 1 aliphatic heterocycles. The van der Waals surface area contributed by atoms with Gasteiger partial charge >= 0.3 is 0 Å². The van der Waals surface area contributed by atoms with Gasteiger partial charge in [-0.05, 0) is 38.0 Å². The third kappa shape index (κ3) is 0.784. The predicted octanol–water partition coefficient (Wildman–Crippen LogP) is 2.03. The Morgan fingerprint density at radius 1 is 1.47 bits per heavy atom. The SMILES string of the molecule is C[C@]12CC[C@H](O)[C@H]3O[C@]31CC=C1CCC12. The number of aliphatic hydroxyl groups excluding tert-OH is 1. The van der Waals surface area contributed by atoms with Crippen molar-refractivity contribution in [2.24, 2.45) is 11.3 Å². The molecule has 3 fully saturated rings. The van der Waals surface area contributed by atoms with Gasteiger partial charge < -0.3 is 9.84 Å². The minimum absolute atomic E-state index is 0.0270. The Hall–Kier alpha value is -0.340. The Bertz CT molecular complexity index is 362. The van der Waals surface area contributed by atoms with Crippen LogP contribution in [0.3, 0.4) is 0 Å². The summed E-state index contributed by atoms with van der Waals surface area (Å²) in [6, 6.07) is 0. The van der Waals surface area contributed by atoms with E-state index in [2.05, 4.69) is 13.0 Å². The quantitative estimate of drug-likeness (QED) is 0.486. The number of allylic oxidation sites excluding steroid dienone is 1. The van der Waals surface area contributed by atoms with Gasteiger partial charge in [-0.3, -0.25) is 0 Å². The van der Waals surface area contributed by atoms with E-state index >= 15 is 0 Å². The monoisotopic (exact) mass is 206 g/mol. The van der Waals surface area contributed by atoms with Crippen LogP contribution in [0.15, 0.2) is 11.6 Å². The minimum Gasteiger partial charge on any atom is -0.390 e. The molecule has 4 aliphatic rings. The first-order valence-corrected chi connectivity index (χ1v) is 6.22. The summed E-state index contributed by atoms with van der Waals surface area (Å²) < 4.78 is 5.94. The van der Waals surface area contributed by atoms with Gasteiger partial charge in [-0.1, -0.05) is 18.6 Å². The molecule has 15 heavy (non-hydrogen) atoms. The summed E-state index contributed by atoms with van der Waals surface area (Å²) in [7, 11) is 0. The maximum Gasteiger partial charge on any atom is 0.114 e. The number of epoxide rings is 1. The molecule has 5 atom stereocenters. The molecule has 1 N–H and O–H groups in total. The molecule has 0 aromatic heterocycles. The zero-order valence-corrected chi connectivity index (χ0v) is 9.20. The second-order valence-electron chi connectivity index (χ2n) is 6.03. The largest absolute Gasteiger partial charge is 0.390 e. The van der Waals surface area contributed by atoms with E-state index in [0.717, 1.165) is 25.2 Å². The summed E-state index contributed by atoms with van der Waals surface area (Å²) in [5.74, 6) is 0.767. The second kappa shape index (κ2) is 2.33. The summed E-state index contributed by atoms with van der Waals surface area (Å²) in [4.78, 5) is 0. The molecule has 1 heterocycles. The topological polar surface area (TPSA) is 32.8 Å². The summed E-state index contributed by atoms with van der Waals surface area (Å²) in [6.07, 6.45) is 8.13. The van der Waals surface area contributed by atoms with Crippen molar-refractivity contribution < 1.29 is 9.84 Å². The van der Waals surface area contributed by atoms with E-state index in [4.69, 9.17) is 4.74 Å². The third-order valence-electron chi connectivity index (χ3n) is 5.62. The van der Waals surface area contributed by atoms with E-state index < -0.39 is 0 Å². The summed E-state index contributed by atoms with van der Waals surface area (Å²) in [6.45, 7) is 2.40. The maximum atomic E-state index is 9.89. The van der Waals surface area contributed by atoms with Crippen LogP contribution in [0.4, 0.5) is 0 Å². The van der Waals surface area contributed by atoms with Crippen LogP contribution in [0.5, 0.6) is 0 Å². The predicted molar refractivity (Wildman–Crippen MR) is 56.4 cm³/mol. The van der Waals surface area contributed by atoms with Crippen LogP contribution in [-0.2, 0) is 4.74 Å². The van der Waals surface area contributed by atoms with E-state index in [1.165, 1.54) is 12.8 Å². The lowest BCUT2D eigenvalue weighted by molar-refractivity contribution is 0.000300. The van der Waals surface area contributed by atoms with Crippen molar-refractivity contribution in [2.75, 3.05) is 0 Å². The molecular weight excluding hydrogens is 188 g/mol. The van der Waals surface area contributed by atoms with Gasteiger partial charge in [0.15, 0.2) is 0 Å². The zero-order chi connectivity index (χ0) is 10.3. The lowest BCUT2D eigenvalue weighted by Gasteiger charge is -2.53. The van der Waals surface area contributed by atoms with Crippen molar-refractivity contribution in [1.29, 1.82) is 0 Å². The molecule has 0 aromatic rings. The van der Waals surface area contributed by atoms with E-state index in [-0.39, 0.29) is 17.8 Å². The maximum absolute atomic E-state index is 9.89. The highest BCUT2D eigenvalue weighted by Gasteiger charge is 2.74. The molecule has 0 radical (unpaired) electrons. The average molecular weight is 206 g/mol. The van der Waals surface area contributed by atoms with Gasteiger partial charge in [-0.25, -0.2) is 0 Å². The van der Waals surface area contributed by atoms with E-state index in [1.54, 1.807) is 5.57 Å². The van der Waals surface area contributed by atoms with E-state index in [9.17, 15) is 5.11 Å². The van der Waals surface area contributed by atoms with Crippen molar-refractivity contribution in [2.45, 2.75) is 56.8 Å². The Morgan fingerprint density at radius 3 is 3.07 bits per heavy atom. The number of fused-ring (bicyclic) bond motifs is 2. The van der Waals surface area contributed by atoms with Gasteiger partial charge in [0.1, 0.15) is 11.7 Å². The fourth-order valence-electron chi connectivity index (χ4n) is 4.43. The van der Waals surface area contributed by atoms with Crippen LogP contribution in [0.2, 0.25) is 0 Å². The molecule has 2 saturated carbocycles. The Kier molecular flexibility index (Phi) is 1.36. The number of hydrogen-bond donors (Lipinski definition) is 1. The van der Waals surface area contributed by atoms with Crippen molar-refractivity contribution in [1.82, 2.24) is 0 Å². The first-order chi connectivity index (χ1) is 7.17. The fraction of sp³-hybridized carbons (Fsp3) is 0.846. The molecular formula is C13H18O2. The Morgan fingerprint density at radius 2 is 2.33 bits per heavy atom. The number of hydrogen-bond acceptors (Lipinski definition) is 2. The van der Waals surface area contributed by atoms with Gasteiger partial charge in [0.2, 0.25) is 0 Å². The lowest BCUT2D eigenvalue weighted by Crippen LogP contribution is -2.53. The Labute approximate surface area is 90.3 Å². The van der Waals surface area contributed by atoms with E-state index in [0.29, 0.717) is 5.41 Å². The minimum atomic E-state index is -0.201. The average Bonchev–Trinajstić information content (AvgIpc) is 2.86.